The van der Waals surface area contributed by atoms with Gasteiger partial charge in [0.25, 0.3) is 0 Å². The molecular formula is C17H15BrN2O. The Kier molecular flexibility index (Phi) is 3.19. The van der Waals surface area contributed by atoms with Gasteiger partial charge in [-0.3, -0.25) is 4.99 Å². The summed E-state index contributed by atoms with van der Waals surface area (Å²) in [5.41, 5.74) is 2.53. The van der Waals surface area contributed by atoms with Gasteiger partial charge in [-0.15, -0.1) is 0 Å². The minimum atomic E-state index is 0.732. The van der Waals surface area contributed by atoms with Crippen molar-refractivity contribution in [2.75, 3.05) is 13.2 Å². The lowest BCUT2D eigenvalue weighted by Crippen LogP contribution is -2.05. The minimum absolute atomic E-state index is 0.732. The molecule has 0 saturated heterocycles. The summed E-state index contributed by atoms with van der Waals surface area (Å²) in [4.78, 5) is 4.38. The number of fused-ring (bicyclic) bond motifs is 3. The summed E-state index contributed by atoms with van der Waals surface area (Å²) in [5, 5.41) is 2.58. The topological polar surface area (TPSA) is 26.5 Å². The second kappa shape index (κ2) is 5.19. The van der Waals surface area contributed by atoms with Gasteiger partial charge in [0.15, 0.2) is 5.90 Å². The first-order valence-electron chi connectivity index (χ1n) is 7.15. The third-order valence-electron chi connectivity index (χ3n) is 3.93. The molecule has 0 atom stereocenters. The van der Waals surface area contributed by atoms with Crippen molar-refractivity contribution >= 4 is 43.6 Å². The molecule has 0 fully saturated rings. The zero-order valence-corrected chi connectivity index (χ0v) is 13.1. The maximum atomic E-state index is 5.52. The van der Waals surface area contributed by atoms with Crippen LogP contribution in [0.25, 0.3) is 21.8 Å². The second-order valence-electron chi connectivity index (χ2n) is 5.20. The quantitative estimate of drug-likeness (QED) is 0.693. The highest BCUT2D eigenvalue weighted by Gasteiger charge is 2.13. The van der Waals surface area contributed by atoms with E-state index in [4.69, 9.17) is 4.74 Å². The number of aliphatic imine (C=N–C) groups is 1. The lowest BCUT2D eigenvalue weighted by atomic mass is 10.2. The molecule has 2 aromatic carbocycles. The largest absolute Gasteiger partial charge is 0.479 e. The molecule has 0 amide bonds. The Morgan fingerprint density at radius 1 is 1.10 bits per heavy atom. The molecule has 21 heavy (non-hydrogen) atoms. The van der Waals surface area contributed by atoms with E-state index in [1.165, 1.54) is 21.8 Å². The van der Waals surface area contributed by atoms with E-state index < -0.39 is 0 Å². The standard InChI is InChI=1S/C17H15BrN2O/c18-12-5-6-16-14(11-12)13-3-1-2-4-15(13)20(16)9-7-17-19-8-10-21-17/h1-6,11H,7-10H2. The fraction of sp³-hybridized carbons (Fsp3) is 0.235. The number of aromatic nitrogens is 1. The molecule has 0 bridgehead atoms. The first-order chi connectivity index (χ1) is 10.3. The molecule has 1 aliphatic heterocycles. The van der Waals surface area contributed by atoms with Gasteiger partial charge in [-0.05, 0) is 24.3 Å². The van der Waals surface area contributed by atoms with Gasteiger partial charge in [0.05, 0.1) is 6.54 Å². The van der Waals surface area contributed by atoms with E-state index in [0.29, 0.717) is 0 Å². The van der Waals surface area contributed by atoms with Crippen molar-refractivity contribution in [3.63, 3.8) is 0 Å². The number of benzene rings is 2. The maximum Gasteiger partial charge on any atom is 0.185 e. The predicted octanol–water partition coefficient (Wildman–Crippen LogP) is 4.38. The fourth-order valence-corrected chi connectivity index (χ4v) is 3.37. The predicted molar refractivity (Wildman–Crippen MR) is 90.0 cm³/mol. The Balaban J connectivity index is 1.84. The summed E-state index contributed by atoms with van der Waals surface area (Å²) in [6.07, 6.45) is 0.851. The molecule has 0 aliphatic carbocycles. The monoisotopic (exact) mass is 342 g/mol. The number of nitrogens with zero attached hydrogens (tertiary/aromatic N) is 2. The molecule has 1 aromatic heterocycles. The van der Waals surface area contributed by atoms with E-state index in [2.05, 4.69) is 68.0 Å². The number of para-hydroxylation sites is 1. The zero-order chi connectivity index (χ0) is 14.2. The van der Waals surface area contributed by atoms with Crippen LogP contribution in [-0.4, -0.2) is 23.6 Å². The van der Waals surface area contributed by atoms with Gasteiger partial charge in [-0.2, -0.15) is 0 Å². The normalized spacial score (nSPS) is 14.6. The summed E-state index contributed by atoms with van der Waals surface area (Å²) in [6, 6.07) is 15.0. The highest BCUT2D eigenvalue weighted by atomic mass is 79.9. The second-order valence-corrected chi connectivity index (χ2v) is 6.12. The molecule has 4 heteroatoms. The molecule has 0 N–H and O–H groups in total. The summed E-state index contributed by atoms with van der Waals surface area (Å²) in [6.45, 7) is 2.43. The molecule has 0 radical (unpaired) electrons. The van der Waals surface area contributed by atoms with E-state index in [-0.39, 0.29) is 0 Å². The van der Waals surface area contributed by atoms with Gasteiger partial charge < -0.3 is 9.30 Å². The zero-order valence-electron chi connectivity index (χ0n) is 11.6. The van der Waals surface area contributed by atoms with Crippen LogP contribution in [0.5, 0.6) is 0 Å². The highest BCUT2D eigenvalue weighted by Crippen LogP contribution is 2.31. The Hall–Kier alpha value is -1.81. The molecule has 0 unspecified atom stereocenters. The van der Waals surface area contributed by atoms with Gasteiger partial charge in [-0.1, -0.05) is 34.1 Å². The molecule has 3 nitrogen and oxygen atoms in total. The number of hydrogen-bond donors (Lipinski definition) is 0. The summed E-state index contributed by atoms with van der Waals surface area (Å²) in [7, 11) is 0. The number of halogens is 1. The SMILES string of the molecule is Brc1ccc2c(c1)c1ccccc1n2CCC1=NCCO1. The van der Waals surface area contributed by atoms with E-state index >= 15 is 0 Å². The van der Waals surface area contributed by atoms with E-state index in [1.54, 1.807) is 0 Å². The summed E-state index contributed by atoms with van der Waals surface area (Å²) >= 11 is 3.57. The average molecular weight is 343 g/mol. The Morgan fingerprint density at radius 2 is 1.95 bits per heavy atom. The van der Waals surface area contributed by atoms with Crippen LogP contribution >= 0.6 is 15.9 Å². The molecule has 106 valence electrons. The molecule has 0 saturated carbocycles. The molecular weight excluding hydrogens is 328 g/mol. The van der Waals surface area contributed by atoms with Crippen LogP contribution in [0, 0.1) is 0 Å². The number of rotatable bonds is 3. The van der Waals surface area contributed by atoms with Gasteiger partial charge in [0.2, 0.25) is 0 Å². The van der Waals surface area contributed by atoms with Gasteiger partial charge in [0.1, 0.15) is 6.61 Å². The summed E-state index contributed by atoms with van der Waals surface area (Å²) in [5.74, 6) is 0.887. The van der Waals surface area contributed by atoms with Crippen molar-refractivity contribution in [2.45, 2.75) is 13.0 Å². The average Bonchev–Trinajstić information content (AvgIpc) is 3.11. The summed E-state index contributed by atoms with van der Waals surface area (Å²) < 4.78 is 9.00. The third kappa shape index (κ3) is 2.23. The Bertz CT molecular complexity index is 850. The molecule has 3 aromatic rings. The fourth-order valence-electron chi connectivity index (χ4n) is 3.00. The number of aryl methyl sites for hydroxylation is 1. The van der Waals surface area contributed by atoms with Crippen LogP contribution < -0.4 is 0 Å². The van der Waals surface area contributed by atoms with Crippen LogP contribution in [0.1, 0.15) is 6.42 Å². The van der Waals surface area contributed by atoms with E-state index in [0.717, 1.165) is 36.5 Å². The molecule has 1 aliphatic rings. The molecule has 0 spiro atoms. The first-order valence-corrected chi connectivity index (χ1v) is 7.95. The van der Waals surface area contributed by atoms with Crippen LogP contribution in [0.15, 0.2) is 51.9 Å². The van der Waals surface area contributed by atoms with Gasteiger partial charge >= 0.3 is 0 Å². The van der Waals surface area contributed by atoms with Crippen molar-refractivity contribution < 1.29 is 4.74 Å². The lowest BCUT2D eigenvalue weighted by Gasteiger charge is -2.07. The van der Waals surface area contributed by atoms with Crippen LogP contribution in [-0.2, 0) is 11.3 Å². The van der Waals surface area contributed by atoms with E-state index in [1.807, 2.05) is 0 Å². The van der Waals surface area contributed by atoms with Crippen molar-refractivity contribution in [3.8, 4) is 0 Å². The van der Waals surface area contributed by atoms with Crippen molar-refractivity contribution in [1.29, 1.82) is 0 Å². The van der Waals surface area contributed by atoms with Gasteiger partial charge in [-0.25, -0.2) is 0 Å². The first kappa shape index (κ1) is 12.9. The Labute approximate surface area is 131 Å². The minimum Gasteiger partial charge on any atom is -0.479 e. The highest BCUT2D eigenvalue weighted by molar-refractivity contribution is 9.10. The van der Waals surface area contributed by atoms with Crippen molar-refractivity contribution in [2.24, 2.45) is 4.99 Å². The van der Waals surface area contributed by atoms with Crippen molar-refractivity contribution in [3.05, 3.63) is 46.9 Å². The van der Waals surface area contributed by atoms with Gasteiger partial charge in [0, 0.05) is 39.2 Å². The molecule has 2 heterocycles. The number of hydrogen-bond acceptors (Lipinski definition) is 2. The number of ether oxygens (including phenoxy) is 1. The lowest BCUT2D eigenvalue weighted by molar-refractivity contribution is 0.336. The van der Waals surface area contributed by atoms with Crippen molar-refractivity contribution in [1.82, 2.24) is 4.57 Å². The van der Waals surface area contributed by atoms with Crippen LogP contribution in [0.3, 0.4) is 0 Å². The van der Waals surface area contributed by atoms with E-state index in [9.17, 15) is 0 Å². The molecule has 4 rings (SSSR count). The maximum absolute atomic E-state index is 5.52. The third-order valence-corrected chi connectivity index (χ3v) is 4.43. The van der Waals surface area contributed by atoms with Crippen LogP contribution in [0.4, 0.5) is 0 Å². The Morgan fingerprint density at radius 3 is 2.81 bits per heavy atom. The van der Waals surface area contributed by atoms with Crippen LogP contribution in [0.2, 0.25) is 0 Å². The smallest absolute Gasteiger partial charge is 0.185 e.